The average Bonchev–Trinajstić information content (AvgIpc) is 2.41. The third-order valence-corrected chi connectivity index (χ3v) is 2.79. The zero-order valence-electron chi connectivity index (χ0n) is 12.1. The van der Waals surface area contributed by atoms with Gasteiger partial charge in [-0.05, 0) is 30.9 Å². The number of carbonyl (C=O) groups is 1. The smallest absolute Gasteiger partial charge is 0.328 e. The number of rotatable bonds is 8. The molecule has 0 fully saturated rings. The minimum atomic E-state index is -1.12. The second-order valence-corrected chi connectivity index (χ2v) is 5.04. The van der Waals surface area contributed by atoms with Crippen LogP contribution in [0.25, 0.3) is 6.08 Å². The number of aliphatic carboxylic acids is 1. The van der Waals surface area contributed by atoms with Crippen LogP contribution in [0.5, 0.6) is 5.75 Å². The molecule has 0 bridgehead atoms. The van der Waals surface area contributed by atoms with E-state index in [1.165, 1.54) is 24.3 Å². The van der Waals surface area contributed by atoms with Gasteiger partial charge in [-0.15, -0.1) is 0 Å². The molecule has 1 aromatic rings. The highest BCUT2D eigenvalue weighted by Crippen LogP contribution is 2.25. The Balaban J connectivity index is 2.85. The molecular weight excluding hydrogens is 274 g/mol. The van der Waals surface area contributed by atoms with Crippen LogP contribution in [0, 0.1) is 16.0 Å². The van der Waals surface area contributed by atoms with Gasteiger partial charge >= 0.3 is 5.97 Å². The molecule has 0 aromatic heterocycles. The summed E-state index contributed by atoms with van der Waals surface area (Å²) in [6, 6.07) is 4.14. The molecule has 0 aliphatic rings. The Hall–Kier alpha value is -2.37. The summed E-state index contributed by atoms with van der Waals surface area (Å²) in [5.74, 6) is -0.0917. The van der Waals surface area contributed by atoms with Gasteiger partial charge in [0.15, 0.2) is 0 Å². The van der Waals surface area contributed by atoms with Crippen LogP contribution < -0.4 is 4.74 Å². The zero-order chi connectivity index (χ0) is 15.8. The third kappa shape index (κ3) is 6.07. The van der Waals surface area contributed by atoms with E-state index >= 15 is 0 Å². The Bertz CT molecular complexity index is 537. The van der Waals surface area contributed by atoms with Crippen LogP contribution in [0.3, 0.4) is 0 Å². The van der Waals surface area contributed by atoms with Crippen molar-refractivity contribution in [2.24, 2.45) is 5.92 Å². The molecule has 0 aliphatic heterocycles. The molecule has 0 saturated heterocycles. The molecule has 114 valence electrons. The van der Waals surface area contributed by atoms with E-state index in [9.17, 15) is 14.9 Å². The van der Waals surface area contributed by atoms with Gasteiger partial charge in [0, 0.05) is 23.8 Å². The van der Waals surface area contributed by atoms with Gasteiger partial charge in [0.05, 0.1) is 11.5 Å². The number of hydrogen-bond donors (Lipinski definition) is 1. The lowest BCUT2D eigenvalue weighted by Crippen LogP contribution is -2.01. The van der Waals surface area contributed by atoms with Crippen molar-refractivity contribution >= 4 is 17.7 Å². The van der Waals surface area contributed by atoms with Crippen LogP contribution in [-0.2, 0) is 4.79 Å². The zero-order valence-corrected chi connectivity index (χ0v) is 12.1. The van der Waals surface area contributed by atoms with Crippen molar-refractivity contribution in [2.75, 3.05) is 6.61 Å². The monoisotopic (exact) mass is 293 g/mol. The molecule has 0 spiro atoms. The number of ether oxygens (including phenoxy) is 1. The minimum Gasteiger partial charge on any atom is -0.493 e. The SMILES string of the molecule is CC(C)CCCOc1ccc([N+](=O)[O-])cc1/C=C/C(=O)O. The second kappa shape index (κ2) is 8.04. The summed E-state index contributed by atoms with van der Waals surface area (Å²) in [7, 11) is 0. The standard InChI is InChI=1S/C15H19NO5/c1-11(2)4-3-9-21-14-7-6-13(16(19)20)10-12(14)5-8-15(17)18/h5-8,10-11H,3-4,9H2,1-2H3,(H,17,18)/b8-5+. The number of benzene rings is 1. The van der Waals surface area contributed by atoms with Crippen LogP contribution in [0.4, 0.5) is 5.69 Å². The molecule has 6 nitrogen and oxygen atoms in total. The molecule has 0 amide bonds. The number of nitrogens with zero attached hydrogens (tertiary/aromatic N) is 1. The first-order valence-electron chi connectivity index (χ1n) is 6.72. The topological polar surface area (TPSA) is 89.7 Å². The number of non-ortho nitro benzene ring substituents is 1. The molecule has 0 heterocycles. The van der Waals surface area contributed by atoms with E-state index in [4.69, 9.17) is 9.84 Å². The average molecular weight is 293 g/mol. The highest BCUT2D eigenvalue weighted by molar-refractivity contribution is 5.86. The van der Waals surface area contributed by atoms with Gasteiger partial charge in [0.25, 0.3) is 5.69 Å². The molecule has 21 heavy (non-hydrogen) atoms. The van der Waals surface area contributed by atoms with E-state index in [-0.39, 0.29) is 5.69 Å². The van der Waals surface area contributed by atoms with Gasteiger partial charge in [-0.1, -0.05) is 13.8 Å². The van der Waals surface area contributed by atoms with E-state index in [1.54, 1.807) is 0 Å². The van der Waals surface area contributed by atoms with Crippen molar-refractivity contribution in [3.8, 4) is 5.75 Å². The number of nitro groups is 1. The molecule has 1 aromatic carbocycles. The van der Waals surface area contributed by atoms with Crippen LogP contribution in [0.2, 0.25) is 0 Å². The second-order valence-electron chi connectivity index (χ2n) is 5.04. The van der Waals surface area contributed by atoms with Crippen molar-refractivity contribution < 1.29 is 19.6 Å². The summed E-state index contributed by atoms with van der Waals surface area (Å²) in [4.78, 5) is 20.8. The fourth-order valence-corrected chi connectivity index (χ4v) is 1.75. The number of nitro benzene ring substituents is 1. The molecule has 0 unspecified atom stereocenters. The van der Waals surface area contributed by atoms with E-state index in [0.717, 1.165) is 18.9 Å². The molecule has 0 radical (unpaired) electrons. The van der Waals surface area contributed by atoms with Crippen molar-refractivity contribution in [1.29, 1.82) is 0 Å². The number of carboxylic acids is 1. The lowest BCUT2D eigenvalue weighted by molar-refractivity contribution is -0.384. The van der Waals surface area contributed by atoms with E-state index < -0.39 is 10.9 Å². The maximum atomic E-state index is 10.8. The van der Waals surface area contributed by atoms with Crippen molar-refractivity contribution in [2.45, 2.75) is 26.7 Å². The van der Waals surface area contributed by atoms with Crippen LogP contribution in [0.1, 0.15) is 32.3 Å². The minimum absolute atomic E-state index is 0.102. The van der Waals surface area contributed by atoms with E-state index in [1.807, 2.05) is 0 Å². The normalized spacial score (nSPS) is 11.0. The predicted octanol–water partition coefficient (Wildman–Crippen LogP) is 3.51. The van der Waals surface area contributed by atoms with Crippen LogP contribution >= 0.6 is 0 Å². The molecule has 1 N–H and O–H groups in total. The highest BCUT2D eigenvalue weighted by Gasteiger charge is 2.10. The summed E-state index contributed by atoms with van der Waals surface area (Å²) >= 11 is 0. The van der Waals surface area contributed by atoms with Crippen molar-refractivity contribution in [3.63, 3.8) is 0 Å². The highest BCUT2D eigenvalue weighted by atomic mass is 16.6. The molecule has 1 rings (SSSR count). The largest absolute Gasteiger partial charge is 0.493 e. The summed E-state index contributed by atoms with van der Waals surface area (Å²) in [6.45, 7) is 4.73. The van der Waals surface area contributed by atoms with Gasteiger partial charge in [-0.25, -0.2) is 4.79 Å². The first kappa shape index (κ1) is 16.7. The Kier molecular flexibility index (Phi) is 6.39. The molecular formula is C15H19NO5. The Morgan fingerprint density at radius 2 is 2.19 bits per heavy atom. The lowest BCUT2D eigenvalue weighted by atomic mass is 10.1. The van der Waals surface area contributed by atoms with Crippen molar-refractivity contribution in [1.82, 2.24) is 0 Å². The molecule has 0 atom stereocenters. The van der Waals surface area contributed by atoms with Gasteiger partial charge in [-0.3, -0.25) is 10.1 Å². The Morgan fingerprint density at radius 1 is 1.48 bits per heavy atom. The summed E-state index contributed by atoms with van der Waals surface area (Å²) in [5, 5.41) is 19.4. The maximum absolute atomic E-state index is 10.8. The Morgan fingerprint density at radius 3 is 2.76 bits per heavy atom. The van der Waals surface area contributed by atoms with E-state index in [2.05, 4.69) is 13.8 Å². The van der Waals surface area contributed by atoms with Gasteiger partial charge in [0.2, 0.25) is 0 Å². The first-order valence-corrected chi connectivity index (χ1v) is 6.72. The lowest BCUT2D eigenvalue weighted by Gasteiger charge is -2.10. The molecule has 0 saturated carbocycles. The fourth-order valence-electron chi connectivity index (χ4n) is 1.75. The first-order chi connectivity index (χ1) is 9.90. The van der Waals surface area contributed by atoms with Crippen LogP contribution in [-0.4, -0.2) is 22.6 Å². The van der Waals surface area contributed by atoms with Gasteiger partial charge in [0.1, 0.15) is 5.75 Å². The summed E-state index contributed by atoms with van der Waals surface area (Å²) < 4.78 is 5.59. The van der Waals surface area contributed by atoms with Gasteiger partial charge in [-0.2, -0.15) is 0 Å². The molecule has 6 heteroatoms. The summed E-state index contributed by atoms with van der Waals surface area (Å²) in [6.07, 6.45) is 4.12. The Labute approximate surface area is 123 Å². The fraction of sp³-hybridized carbons (Fsp3) is 0.400. The quantitative estimate of drug-likeness (QED) is 0.343. The summed E-state index contributed by atoms with van der Waals surface area (Å²) in [5.41, 5.74) is 0.283. The third-order valence-electron chi connectivity index (χ3n) is 2.79. The van der Waals surface area contributed by atoms with Crippen LogP contribution in [0.15, 0.2) is 24.3 Å². The number of hydrogen-bond acceptors (Lipinski definition) is 4. The van der Waals surface area contributed by atoms with Crippen molar-refractivity contribution in [3.05, 3.63) is 40.0 Å². The predicted molar refractivity (Wildman–Crippen MR) is 79.3 cm³/mol. The van der Waals surface area contributed by atoms with Gasteiger partial charge < -0.3 is 9.84 Å². The van der Waals surface area contributed by atoms with E-state index in [0.29, 0.717) is 23.8 Å². The molecule has 0 aliphatic carbocycles. The number of carboxylic acid groups (broad SMARTS) is 1. The maximum Gasteiger partial charge on any atom is 0.328 e.